The first kappa shape index (κ1) is 14.4. The quantitative estimate of drug-likeness (QED) is 0.827. The fourth-order valence-electron chi connectivity index (χ4n) is 6.57. The number of benzene rings is 2. The molecule has 0 aromatic heterocycles. The highest BCUT2D eigenvalue weighted by molar-refractivity contribution is 5.40. The molecule has 2 heteroatoms. The Morgan fingerprint density at radius 1 is 0.625 bits per heavy atom. The highest BCUT2D eigenvalue weighted by Gasteiger charge is 2.58. The maximum absolute atomic E-state index is 9.67. The Bertz CT molecular complexity index is 682. The normalized spacial score (nSPS) is 36.8. The molecule has 0 heterocycles. The Morgan fingerprint density at radius 2 is 1.00 bits per heavy atom. The lowest BCUT2D eigenvalue weighted by Gasteiger charge is -2.62. The van der Waals surface area contributed by atoms with E-state index in [0.29, 0.717) is 11.5 Å². The molecular formula is C22H24O2. The van der Waals surface area contributed by atoms with Crippen molar-refractivity contribution in [1.82, 2.24) is 0 Å². The minimum Gasteiger partial charge on any atom is -0.508 e. The molecule has 124 valence electrons. The van der Waals surface area contributed by atoms with Crippen LogP contribution >= 0.6 is 0 Å². The zero-order chi connectivity index (χ0) is 16.4. The third kappa shape index (κ3) is 2.02. The maximum atomic E-state index is 9.67. The average molecular weight is 320 g/mol. The Morgan fingerprint density at radius 3 is 1.38 bits per heavy atom. The van der Waals surface area contributed by atoms with E-state index >= 15 is 0 Å². The highest BCUT2D eigenvalue weighted by atomic mass is 16.3. The summed E-state index contributed by atoms with van der Waals surface area (Å²) in [6.45, 7) is 0. The van der Waals surface area contributed by atoms with E-state index < -0.39 is 0 Å². The number of hydrogen-bond donors (Lipinski definition) is 2. The molecule has 0 unspecified atom stereocenters. The summed E-state index contributed by atoms with van der Waals surface area (Å²) in [5.41, 5.74) is 3.38. The number of rotatable bonds is 2. The van der Waals surface area contributed by atoms with Crippen LogP contribution in [0.5, 0.6) is 11.5 Å². The van der Waals surface area contributed by atoms with Crippen LogP contribution in [0.1, 0.15) is 49.7 Å². The summed E-state index contributed by atoms with van der Waals surface area (Å²) in [7, 11) is 0. The van der Waals surface area contributed by atoms with Crippen molar-refractivity contribution in [3.05, 3.63) is 59.7 Å². The van der Waals surface area contributed by atoms with E-state index in [0.717, 1.165) is 11.8 Å². The second kappa shape index (κ2) is 4.78. The van der Waals surface area contributed by atoms with Gasteiger partial charge in [-0.2, -0.15) is 0 Å². The third-order valence-electron chi connectivity index (χ3n) is 7.02. The van der Waals surface area contributed by atoms with Crippen LogP contribution in [0.3, 0.4) is 0 Å². The fraction of sp³-hybridized carbons (Fsp3) is 0.455. The van der Waals surface area contributed by atoms with Crippen LogP contribution in [0.25, 0.3) is 0 Å². The van der Waals surface area contributed by atoms with Gasteiger partial charge in [0.1, 0.15) is 11.5 Å². The van der Waals surface area contributed by atoms with Crippen molar-refractivity contribution in [2.75, 3.05) is 0 Å². The molecule has 24 heavy (non-hydrogen) atoms. The Kier molecular flexibility index (Phi) is 2.87. The zero-order valence-corrected chi connectivity index (χ0v) is 13.9. The number of phenolic OH excluding ortho intramolecular Hbond substituents is 2. The first-order valence-electron chi connectivity index (χ1n) is 9.16. The lowest BCUT2D eigenvalue weighted by atomic mass is 9.42. The van der Waals surface area contributed by atoms with E-state index in [2.05, 4.69) is 24.3 Å². The molecule has 2 aromatic rings. The number of hydrogen-bond acceptors (Lipinski definition) is 2. The van der Waals surface area contributed by atoms with Gasteiger partial charge in [0.2, 0.25) is 0 Å². The van der Waals surface area contributed by atoms with Crippen LogP contribution < -0.4 is 0 Å². The Balaban J connectivity index is 1.59. The van der Waals surface area contributed by atoms with E-state index in [1.54, 1.807) is 0 Å². The molecule has 0 radical (unpaired) electrons. The van der Waals surface area contributed by atoms with Crippen LogP contribution in [0, 0.1) is 11.8 Å². The summed E-state index contributed by atoms with van der Waals surface area (Å²) in [5.74, 6) is 2.34. The lowest BCUT2D eigenvalue weighted by molar-refractivity contribution is -0.0281. The Labute approximate surface area is 143 Å². The van der Waals surface area contributed by atoms with Crippen molar-refractivity contribution in [3.8, 4) is 11.5 Å². The van der Waals surface area contributed by atoms with Gasteiger partial charge in [-0.15, -0.1) is 0 Å². The van der Waals surface area contributed by atoms with Crippen LogP contribution in [0.2, 0.25) is 0 Å². The molecule has 0 spiro atoms. The molecule has 2 nitrogen and oxygen atoms in total. The summed E-state index contributed by atoms with van der Waals surface area (Å²) >= 11 is 0. The average Bonchev–Trinajstić information content (AvgIpc) is 2.54. The minimum absolute atomic E-state index is 0.273. The van der Waals surface area contributed by atoms with Gasteiger partial charge in [0.25, 0.3) is 0 Å². The predicted molar refractivity (Wildman–Crippen MR) is 94.3 cm³/mol. The first-order valence-corrected chi connectivity index (χ1v) is 9.16. The lowest BCUT2D eigenvalue weighted by Crippen LogP contribution is -2.55. The maximum Gasteiger partial charge on any atom is 0.115 e. The largest absolute Gasteiger partial charge is 0.508 e. The van der Waals surface area contributed by atoms with E-state index in [-0.39, 0.29) is 10.8 Å². The fourth-order valence-corrected chi connectivity index (χ4v) is 6.57. The Hall–Kier alpha value is -1.96. The van der Waals surface area contributed by atoms with Crippen molar-refractivity contribution in [2.45, 2.75) is 49.4 Å². The molecule has 4 fully saturated rings. The molecule has 4 aliphatic carbocycles. The molecule has 4 saturated carbocycles. The van der Waals surface area contributed by atoms with Gasteiger partial charge in [0.05, 0.1) is 0 Å². The molecule has 2 N–H and O–H groups in total. The summed E-state index contributed by atoms with van der Waals surface area (Å²) in [5, 5.41) is 19.3. The van der Waals surface area contributed by atoms with Crippen molar-refractivity contribution in [3.63, 3.8) is 0 Å². The topological polar surface area (TPSA) is 40.5 Å². The first-order chi connectivity index (χ1) is 11.6. The molecule has 4 aliphatic rings. The SMILES string of the molecule is Oc1ccc([C@]23CC4C[C@H](C2)C[C@@](c2ccc(O)cc2)(C4)C3)cc1. The minimum atomic E-state index is 0.273. The van der Waals surface area contributed by atoms with E-state index in [4.69, 9.17) is 0 Å². The van der Waals surface area contributed by atoms with Crippen LogP contribution in [0.15, 0.2) is 48.5 Å². The van der Waals surface area contributed by atoms with Gasteiger partial charge in [0, 0.05) is 0 Å². The van der Waals surface area contributed by atoms with Crippen LogP contribution in [-0.4, -0.2) is 10.2 Å². The van der Waals surface area contributed by atoms with Gasteiger partial charge < -0.3 is 10.2 Å². The second-order valence-corrected chi connectivity index (χ2v) is 8.62. The van der Waals surface area contributed by atoms with Gasteiger partial charge >= 0.3 is 0 Å². The number of phenols is 2. The highest BCUT2D eigenvalue weighted by Crippen LogP contribution is 2.66. The smallest absolute Gasteiger partial charge is 0.115 e. The monoisotopic (exact) mass is 320 g/mol. The van der Waals surface area contributed by atoms with E-state index in [9.17, 15) is 10.2 Å². The van der Waals surface area contributed by atoms with Gasteiger partial charge in [0.15, 0.2) is 0 Å². The van der Waals surface area contributed by atoms with Crippen molar-refractivity contribution < 1.29 is 10.2 Å². The third-order valence-corrected chi connectivity index (χ3v) is 7.02. The molecule has 0 saturated heterocycles. The van der Waals surface area contributed by atoms with Gasteiger partial charge in [-0.05, 0) is 96.6 Å². The molecule has 0 aliphatic heterocycles. The van der Waals surface area contributed by atoms with Crippen molar-refractivity contribution in [2.24, 2.45) is 11.8 Å². The molecular weight excluding hydrogens is 296 g/mol. The molecule has 4 bridgehead atoms. The predicted octanol–water partition coefficient (Wildman–Crippen LogP) is 4.89. The summed E-state index contributed by atoms with van der Waals surface area (Å²) in [6, 6.07) is 16.0. The van der Waals surface area contributed by atoms with Gasteiger partial charge in [-0.25, -0.2) is 0 Å². The van der Waals surface area contributed by atoms with E-state index in [1.807, 2.05) is 24.3 Å². The van der Waals surface area contributed by atoms with Crippen LogP contribution in [0.4, 0.5) is 0 Å². The standard InChI is InChI=1S/C22H24O2/c23-19-5-1-17(2-6-19)21-10-15-9-16(11-21)13-22(12-15,14-21)18-3-7-20(24)8-4-18/h1-8,15-16,23-24H,9-14H2/t15-,16?,21+,22-. The van der Waals surface area contributed by atoms with Crippen LogP contribution in [-0.2, 0) is 10.8 Å². The number of aromatic hydroxyl groups is 2. The van der Waals surface area contributed by atoms with Crippen molar-refractivity contribution >= 4 is 0 Å². The zero-order valence-electron chi connectivity index (χ0n) is 13.9. The van der Waals surface area contributed by atoms with E-state index in [1.165, 1.54) is 49.7 Å². The summed E-state index contributed by atoms with van der Waals surface area (Å²) in [6.07, 6.45) is 7.80. The summed E-state index contributed by atoms with van der Waals surface area (Å²) < 4.78 is 0. The molecule has 0 atom stereocenters. The van der Waals surface area contributed by atoms with Gasteiger partial charge in [-0.3, -0.25) is 0 Å². The molecule has 0 amide bonds. The molecule has 6 rings (SSSR count). The second-order valence-electron chi connectivity index (χ2n) is 8.62. The summed E-state index contributed by atoms with van der Waals surface area (Å²) in [4.78, 5) is 0. The van der Waals surface area contributed by atoms with Crippen molar-refractivity contribution in [1.29, 1.82) is 0 Å². The van der Waals surface area contributed by atoms with Gasteiger partial charge in [-0.1, -0.05) is 24.3 Å². The molecule has 2 aromatic carbocycles.